The second-order valence-corrected chi connectivity index (χ2v) is 12.1. The Hall–Kier alpha value is -0.383. The van der Waals surface area contributed by atoms with Gasteiger partial charge in [-0.1, -0.05) is 104 Å². The summed E-state index contributed by atoms with van der Waals surface area (Å²) in [4.78, 5) is 0. The fourth-order valence-corrected chi connectivity index (χ4v) is 4.71. The van der Waals surface area contributed by atoms with E-state index < -0.39 is 0 Å². The Morgan fingerprint density at radius 1 is 0.533 bits per heavy atom. The van der Waals surface area contributed by atoms with E-state index in [1.807, 2.05) is 0 Å². The number of rotatable bonds is 6. The normalized spacial score (nSPS) is 10.5. The van der Waals surface area contributed by atoms with Gasteiger partial charge in [-0.25, -0.2) is 0 Å². The summed E-state index contributed by atoms with van der Waals surface area (Å²) in [7, 11) is 1.31. The number of fused-ring (bicyclic) bond motifs is 2. The Morgan fingerprint density at radius 3 is 1.02 bits per heavy atom. The number of aryl methyl sites for hydroxylation is 2. The molecule has 1 fully saturated rings. The Bertz CT molecular complexity index is 903. The maximum absolute atomic E-state index is 3.60. The average molecular weight is 956 g/mol. The summed E-state index contributed by atoms with van der Waals surface area (Å²) in [6.45, 7) is 27.3. The summed E-state index contributed by atoms with van der Waals surface area (Å²) < 4.78 is 0. The molecule has 0 saturated carbocycles. The van der Waals surface area contributed by atoms with E-state index in [9.17, 15) is 0 Å². The molecule has 1 heterocycles. The topological polar surface area (TPSA) is 0 Å². The third kappa shape index (κ3) is 29.5. The Morgan fingerprint density at radius 2 is 0.822 bits per heavy atom. The van der Waals surface area contributed by atoms with Gasteiger partial charge >= 0.3 is 0 Å². The third-order valence-corrected chi connectivity index (χ3v) is 7.96. The molecule has 0 nitrogen and oxygen atoms in total. The Labute approximate surface area is 322 Å². The van der Waals surface area contributed by atoms with Crippen molar-refractivity contribution in [1.29, 1.82) is 0 Å². The van der Waals surface area contributed by atoms with Crippen molar-refractivity contribution in [1.82, 2.24) is 0 Å². The van der Waals surface area contributed by atoms with Crippen LogP contribution in [-0.4, -0.2) is 9.52 Å². The summed E-state index contributed by atoms with van der Waals surface area (Å²) in [5.41, 5.74) is 2.87. The van der Waals surface area contributed by atoms with Gasteiger partial charge in [-0.3, -0.25) is 0 Å². The Balaban J connectivity index is -0.000000230. The molecule has 45 heavy (non-hydrogen) atoms. The minimum Gasteiger partial charge on any atom is -0.343 e. The smallest absolute Gasteiger partial charge is 0.0377 e. The van der Waals surface area contributed by atoms with Crippen LogP contribution in [0.4, 0.5) is 0 Å². The van der Waals surface area contributed by atoms with E-state index in [1.165, 1.54) is 92.8 Å². The van der Waals surface area contributed by atoms with Crippen LogP contribution in [0.1, 0.15) is 117 Å². The molecule has 3 heteroatoms. The van der Waals surface area contributed by atoms with Crippen LogP contribution in [-0.2, 0) is 64.5 Å². The average Bonchev–Trinajstić information content (AvgIpc) is 3.87. The standard InChI is InChI=1S/2C11H11.C4H8Si.4C4H9.2Hf/c2*1-2-9-7-10-5-3-4-6-11(10)8-9;1-2-4-5-3-1;4*1-3-4-2;;/h2*3-8H,2H2,1H3;1-4H2;4*1,3-4H2,2H3;;/q2*-1;;4*-1;;. The van der Waals surface area contributed by atoms with Crippen LogP contribution in [0, 0.1) is 27.7 Å². The maximum Gasteiger partial charge on any atom is 0.0377 e. The number of hydrogen-bond acceptors (Lipinski definition) is 0. The number of benzene rings is 2. The predicted molar refractivity (Wildman–Crippen MR) is 203 cm³/mol. The molecule has 0 bridgehead atoms. The zero-order valence-corrected chi connectivity index (χ0v) is 38.3. The fourth-order valence-electron chi connectivity index (χ4n) is 3.46. The molecule has 2 radical (unpaired) electrons. The van der Waals surface area contributed by atoms with Gasteiger partial charge in [0.05, 0.1) is 0 Å². The van der Waals surface area contributed by atoms with Gasteiger partial charge < -0.3 is 27.7 Å². The van der Waals surface area contributed by atoms with E-state index in [0.717, 1.165) is 38.5 Å². The van der Waals surface area contributed by atoms with Gasteiger partial charge in [0.1, 0.15) is 0 Å². The molecule has 0 aromatic heterocycles. The molecule has 1 saturated heterocycles. The van der Waals surface area contributed by atoms with Crippen molar-refractivity contribution in [2.24, 2.45) is 0 Å². The van der Waals surface area contributed by atoms with Gasteiger partial charge in [0.25, 0.3) is 0 Å². The molecule has 0 atom stereocenters. The molecular weight excluding hydrogens is 890 g/mol. The molecule has 0 amide bonds. The fraction of sp³-hybridized carbons (Fsp3) is 0.476. The van der Waals surface area contributed by atoms with Gasteiger partial charge in [0.15, 0.2) is 0 Å². The van der Waals surface area contributed by atoms with Crippen LogP contribution in [0.3, 0.4) is 0 Å². The summed E-state index contributed by atoms with van der Waals surface area (Å²) in [6, 6.07) is 29.1. The number of unbranched alkanes of at least 4 members (excludes halogenated alkanes) is 4. The largest absolute Gasteiger partial charge is 0.343 e. The quantitative estimate of drug-likeness (QED) is 0.133. The first-order valence-corrected chi connectivity index (χ1v) is 18.5. The van der Waals surface area contributed by atoms with Crippen LogP contribution in [0.25, 0.3) is 21.5 Å². The molecule has 1 aliphatic rings. The molecule has 5 rings (SSSR count). The van der Waals surface area contributed by atoms with Crippen molar-refractivity contribution in [2.45, 2.75) is 131 Å². The number of hydrogen-bond donors (Lipinski definition) is 0. The van der Waals surface area contributed by atoms with Gasteiger partial charge in [-0.15, -0.1) is 81.2 Å². The van der Waals surface area contributed by atoms with E-state index in [-0.39, 0.29) is 51.7 Å². The van der Waals surface area contributed by atoms with Gasteiger partial charge in [-0.2, -0.15) is 37.8 Å². The summed E-state index contributed by atoms with van der Waals surface area (Å²) in [5.74, 6) is 0. The van der Waals surface area contributed by atoms with Crippen LogP contribution in [0.2, 0.25) is 12.1 Å². The first-order chi connectivity index (χ1) is 21.0. The molecule has 252 valence electrons. The predicted octanol–water partition coefficient (Wildman–Crippen LogP) is 14.0. The van der Waals surface area contributed by atoms with Crippen molar-refractivity contribution < 1.29 is 51.7 Å². The molecule has 0 N–H and O–H groups in total. The van der Waals surface area contributed by atoms with Crippen molar-refractivity contribution in [2.75, 3.05) is 0 Å². The second-order valence-electron chi connectivity index (χ2n) is 10.6. The second kappa shape index (κ2) is 39.8. The monoisotopic (exact) mass is 958 g/mol. The first-order valence-electron chi connectivity index (χ1n) is 17.1. The van der Waals surface area contributed by atoms with Crippen LogP contribution in [0.5, 0.6) is 0 Å². The zero-order valence-electron chi connectivity index (χ0n) is 30.2. The maximum atomic E-state index is 3.60. The molecule has 0 unspecified atom stereocenters. The van der Waals surface area contributed by atoms with E-state index in [0.29, 0.717) is 0 Å². The Kier molecular flexibility index (Phi) is 45.5. The van der Waals surface area contributed by atoms with Crippen molar-refractivity contribution in [3.63, 3.8) is 0 Å². The van der Waals surface area contributed by atoms with Gasteiger partial charge in [0, 0.05) is 61.2 Å². The molecule has 4 aromatic rings. The SMILES string of the molecule is C1CC[Si]C1.CCc1cc2ccccc2[cH-]1.CCc1cc2ccccc2[cH-]1.[CH2-]CCC.[CH2-]CCC.[CH2-]CCC.[CH2-]CCC.[Hf].[Hf]. The first kappa shape index (κ1) is 51.5. The van der Waals surface area contributed by atoms with Crippen molar-refractivity contribution in [3.05, 3.63) is 112 Å². The van der Waals surface area contributed by atoms with Crippen LogP contribution >= 0.6 is 0 Å². The van der Waals surface area contributed by atoms with Crippen molar-refractivity contribution >= 4 is 31.1 Å². The van der Waals surface area contributed by atoms with Crippen LogP contribution in [0.15, 0.2) is 72.8 Å². The minimum atomic E-state index is 0. The molecule has 0 spiro atoms. The third-order valence-electron chi connectivity index (χ3n) is 6.54. The zero-order chi connectivity index (χ0) is 32.6. The van der Waals surface area contributed by atoms with E-state index in [4.69, 9.17) is 0 Å². The van der Waals surface area contributed by atoms with E-state index >= 15 is 0 Å². The molecule has 1 aliphatic heterocycles. The molecule has 0 aliphatic carbocycles. The van der Waals surface area contributed by atoms with Gasteiger partial charge in [0.2, 0.25) is 0 Å². The molecule has 4 aromatic carbocycles. The van der Waals surface area contributed by atoms with E-state index in [2.05, 4.69) is 142 Å². The van der Waals surface area contributed by atoms with Crippen molar-refractivity contribution in [3.8, 4) is 0 Å². The van der Waals surface area contributed by atoms with Crippen LogP contribution < -0.4 is 0 Å². The summed E-state index contributed by atoms with van der Waals surface area (Å²) in [5, 5.41) is 5.46. The minimum absolute atomic E-state index is 0. The molecular formula is C42H66Hf2Si-6. The summed E-state index contributed by atoms with van der Waals surface area (Å²) >= 11 is 0. The van der Waals surface area contributed by atoms with Gasteiger partial charge in [-0.05, 0) is 12.8 Å². The summed E-state index contributed by atoms with van der Waals surface area (Å²) in [6.07, 6.45) is 14.4. The van der Waals surface area contributed by atoms with E-state index in [1.54, 1.807) is 0 Å².